The Hall–Kier alpha value is -6.53. The number of ether oxygens (including phenoxy) is 2. The molecule has 1 atom stereocenters. The fourth-order valence-corrected chi connectivity index (χ4v) is 11.9. The van der Waals surface area contributed by atoms with Crippen molar-refractivity contribution in [3.63, 3.8) is 0 Å². The minimum atomic E-state index is -4.59. The second kappa shape index (κ2) is 22.1. The number of amides is 1. The quantitative estimate of drug-likeness (QED) is 0.0469. The van der Waals surface area contributed by atoms with E-state index in [2.05, 4.69) is 91.9 Å². The van der Waals surface area contributed by atoms with E-state index in [-0.39, 0.29) is 34.4 Å². The Balaban J connectivity index is 0.888. The zero-order chi connectivity index (χ0) is 52.2. The normalized spacial score (nSPS) is 20.6. The molecule has 1 saturated carbocycles. The lowest BCUT2D eigenvalue weighted by Crippen LogP contribution is -2.49. The first-order valence-corrected chi connectivity index (χ1v) is 27.4. The average Bonchev–Trinajstić information content (AvgIpc) is 3.86. The summed E-state index contributed by atoms with van der Waals surface area (Å²) in [4.78, 5) is 40.4. The average molecular weight is 1030 g/mol. The summed E-state index contributed by atoms with van der Waals surface area (Å²) in [5.41, 5.74) is 4.65. The largest absolute Gasteiger partial charge is 0.497 e. The van der Waals surface area contributed by atoms with E-state index in [0.29, 0.717) is 36.7 Å². The van der Waals surface area contributed by atoms with Gasteiger partial charge in [-0.3, -0.25) is 24.7 Å². The highest BCUT2D eigenvalue weighted by atomic mass is 32.2. The number of piperidine rings is 1. The molecule has 4 heterocycles. The zero-order valence-corrected chi connectivity index (χ0v) is 44.0. The van der Waals surface area contributed by atoms with E-state index in [1.807, 2.05) is 31.2 Å². The van der Waals surface area contributed by atoms with Crippen molar-refractivity contribution < 1.29 is 32.7 Å². The smallest absolute Gasteiger partial charge is 0.293 e. The number of piperazine rings is 1. The molecule has 3 fully saturated rings. The number of sulfonamides is 1. The highest BCUT2D eigenvalue weighted by Crippen LogP contribution is 2.41. The molecule has 2 aromatic heterocycles. The summed E-state index contributed by atoms with van der Waals surface area (Å²) in [5.74, 6) is 0.997. The van der Waals surface area contributed by atoms with Crippen molar-refractivity contribution >= 4 is 44.0 Å². The second-order valence-electron chi connectivity index (χ2n) is 21.5. The standard InChI is InChI=1S/C57H70N8O8S/c1-39(2)47-8-6-7-9-48(47)52-38-62(37-41-10-13-44(72-5)14-11-41)30-31-64(52)29-25-56(3)23-27-63(28-24-56)43-12-16-49(53(33-43)73-45-32-42-20-26-58-54(42)60-36-45)55(66)61-74(70,71)46-15-17-50(51(34-46)65(68)69)59-35-40-18-21-57(4,67)22-19-40/h6-17,20,26,32-34,36,39-40,52,59,67H,18-19,21-25,27-31,35,37-38H2,1-5H3,(H,58,60)(H,61,66)/t40-,52-,57-/m0/s1. The summed E-state index contributed by atoms with van der Waals surface area (Å²) in [6, 6.07) is 29.9. The molecule has 2 aliphatic heterocycles. The first-order valence-electron chi connectivity index (χ1n) is 25.9. The monoisotopic (exact) mass is 1030 g/mol. The number of aromatic nitrogens is 2. The van der Waals surface area contributed by atoms with Crippen molar-refractivity contribution in [2.75, 3.05) is 63.1 Å². The van der Waals surface area contributed by atoms with Crippen molar-refractivity contribution in [1.29, 1.82) is 0 Å². The number of nitrogens with one attached hydrogen (secondary N) is 3. The van der Waals surface area contributed by atoms with Crippen molar-refractivity contribution in [2.45, 2.75) is 102 Å². The lowest BCUT2D eigenvalue weighted by molar-refractivity contribution is -0.384. The molecular formula is C57H70N8O8S. The van der Waals surface area contributed by atoms with Crippen LogP contribution in [0.1, 0.15) is 112 Å². The van der Waals surface area contributed by atoms with Crippen LogP contribution in [0, 0.1) is 21.4 Å². The van der Waals surface area contributed by atoms with Crippen molar-refractivity contribution in [2.24, 2.45) is 11.3 Å². The summed E-state index contributed by atoms with van der Waals surface area (Å²) in [6.45, 7) is 15.5. The van der Waals surface area contributed by atoms with E-state index in [1.54, 1.807) is 31.5 Å². The van der Waals surface area contributed by atoms with Gasteiger partial charge in [0.25, 0.3) is 21.6 Å². The van der Waals surface area contributed by atoms with Gasteiger partial charge in [0.2, 0.25) is 0 Å². The Bertz CT molecular complexity index is 3050. The number of carbonyl (C=O) groups excluding carboxylic acids is 1. The third kappa shape index (κ3) is 12.3. The van der Waals surface area contributed by atoms with Gasteiger partial charge < -0.3 is 29.8 Å². The number of hydrogen-bond acceptors (Lipinski definition) is 13. The maximum atomic E-state index is 14.1. The van der Waals surface area contributed by atoms with Gasteiger partial charge in [-0.05, 0) is 141 Å². The Morgan fingerprint density at radius 1 is 0.932 bits per heavy atom. The third-order valence-electron chi connectivity index (χ3n) is 15.7. The number of nitro benzene ring substituents is 1. The van der Waals surface area contributed by atoms with E-state index in [4.69, 9.17) is 9.47 Å². The lowest BCUT2D eigenvalue weighted by Gasteiger charge is -2.45. The molecule has 4 aromatic carbocycles. The van der Waals surface area contributed by atoms with Crippen LogP contribution in [-0.2, 0) is 16.6 Å². The molecule has 6 aromatic rings. The molecule has 74 heavy (non-hydrogen) atoms. The van der Waals surface area contributed by atoms with Gasteiger partial charge in [-0.25, -0.2) is 18.1 Å². The SMILES string of the molecule is COc1ccc(CN2CCN(CCC3(C)CCN(c4ccc(C(=O)NS(=O)(=O)c5ccc(NC[C@H]6CC[C@](C)(O)CC6)c([N+](=O)[O-])c5)c(Oc5cnc6[nH]ccc6c5)c4)CC3)[C@H](c3ccccc3C(C)C)C2)cc1. The van der Waals surface area contributed by atoms with E-state index in [1.165, 1.54) is 35.0 Å². The molecule has 0 radical (unpaired) electrons. The predicted molar refractivity (Wildman–Crippen MR) is 289 cm³/mol. The topological polar surface area (TPSA) is 195 Å². The predicted octanol–water partition coefficient (Wildman–Crippen LogP) is 10.4. The number of anilines is 2. The van der Waals surface area contributed by atoms with Crippen LogP contribution in [0.5, 0.6) is 17.2 Å². The van der Waals surface area contributed by atoms with E-state index < -0.39 is 37.0 Å². The number of aliphatic hydroxyl groups is 1. The van der Waals surface area contributed by atoms with Gasteiger partial charge in [-0.1, -0.05) is 57.2 Å². The number of rotatable bonds is 18. The highest BCUT2D eigenvalue weighted by Gasteiger charge is 2.36. The van der Waals surface area contributed by atoms with Crippen LogP contribution in [0.25, 0.3) is 11.0 Å². The number of carbonyl (C=O) groups is 1. The molecule has 17 heteroatoms. The third-order valence-corrected chi connectivity index (χ3v) is 17.1. The summed E-state index contributed by atoms with van der Waals surface area (Å²) in [6.07, 6.45) is 9.04. The van der Waals surface area contributed by atoms with Crippen molar-refractivity contribution in [1.82, 2.24) is 24.5 Å². The molecule has 0 bridgehead atoms. The van der Waals surface area contributed by atoms with Gasteiger partial charge in [0.1, 0.15) is 28.6 Å². The number of methoxy groups -OCH3 is 1. The Kier molecular flexibility index (Phi) is 15.7. The molecule has 392 valence electrons. The molecule has 16 nitrogen and oxygen atoms in total. The van der Waals surface area contributed by atoms with Gasteiger partial charge in [-0.15, -0.1) is 0 Å². The van der Waals surface area contributed by atoms with Crippen molar-refractivity contribution in [3.8, 4) is 17.2 Å². The number of aromatic amines is 1. The number of nitro groups is 1. The van der Waals surface area contributed by atoms with Crippen LogP contribution >= 0.6 is 0 Å². The molecule has 2 saturated heterocycles. The molecular weight excluding hydrogens is 957 g/mol. The summed E-state index contributed by atoms with van der Waals surface area (Å²) in [7, 11) is -2.90. The van der Waals surface area contributed by atoms with Gasteiger partial charge in [0.15, 0.2) is 0 Å². The molecule has 3 aliphatic rings. The van der Waals surface area contributed by atoms with E-state index in [9.17, 15) is 28.4 Å². The first-order chi connectivity index (χ1) is 35.4. The molecule has 4 N–H and O–H groups in total. The fraction of sp³-hybridized carbons (Fsp3) is 0.439. The first kappa shape index (κ1) is 52.3. The molecule has 9 rings (SSSR count). The molecule has 1 amide bonds. The molecule has 0 unspecified atom stereocenters. The van der Waals surface area contributed by atoms with Gasteiger partial charge in [-0.2, -0.15) is 0 Å². The number of fused-ring (bicyclic) bond motifs is 1. The van der Waals surface area contributed by atoms with Crippen molar-refractivity contribution in [3.05, 3.63) is 142 Å². The Morgan fingerprint density at radius 3 is 2.42 bits per heavy atom. The summed E-state index contributed by atoms with van der Waals surface area (Å²) in [5, 5.41) is 26.5. The number of H-pyrrole nitrogens is 1. The van der Waals surface area contributed by atoms with Crippen LogP contribution in [0.15, 0.2) is 114 Å². The maximum absolute atomic E-state index is 14.1. The summed E-state index contributed by atoms with van der Waals surface area (Å²) < 4.78 is 41.7. The molecule has 1 aliphatic carbocycles. The Morgan fingerprint density at radius 2 is 1.69 bits per heavy atom. The second-order valence-corrected chi connectivity index (χ2v) is 23.2. The molecule has 0 spiro atoms. The van der Waals surface area contributed by atoms with Gasteiger partial charge >= 0.3 is 0 Å². The zero-order valence-electron chi connectivity index (χ0n) is 43.2. The number of benzene rings is 4. The number of hydrogen-bond donors (Lipinski definition) is 4. The van der Waals surface area contributed by atoms with Crippen LogP contribution in [0.2, 0.25) is 0 Å². The highest BCUT2D eigenvalue weighted by molar-refractivity contribution is 7.90. The van der Waals surface area contributed by atoms with E-state index >= 15 is 0 Å². The van der Waals surface area contributed by atoms with Gasteiger partial charge in [0.05, 0.1) is 34.3 Å². The minimum absolute atomic E-state index is 0.0368. The lowest BCUT2D eigenvalue weighted by atomic mass is 9.77. The summed E-state index contributed by atoms with van der Waals surface area (Å²) >= 11 is 0. The van der Waals surface area contributed by atoms with Crippen LogP contribution in [-0.4, -0.2) is 103 Å². The fourth-order valence-electron chi connectivity index (χ4n) is 10.9. The Labute approximate surface area is 434 Å². The van der Waals surface area contributed by atoms with Crippen LogP contribution in [0.4, 0.5) is 17.1 Å². The van der Waals surface area contributed by atoms with Gasteiger partial charge in [0, 0.05) is 81.3 Å². The van der Waals surface area contributed by atoms with E-state index in [0.717, 1.165) is 101 Å². The van der Waals surface area contributed by atoms with Crippen LogP contribution in [0.3, 0.4) is 0 Å². The number of pyridine rings is 1. The number of nitrogens with zero attached hydrogens (tertiary/aromatic N) is 5. The van der Waals surface area contributed by atoms with Crippen LogP contribution < -0.4 is 24.4 Å². The maximum Gasteiger partial charge on any atom is 0.293 e. The minimum Gasteiger partial charge on any atom is -0.497 e.